The van der Waals surface area contributed by atoms with Crippen LogP contribution < -0.4 is 14.8 Å². The summed E-state index contributed by atoms with van der Waals surface area (Å²) in [6.07, 6.45) is 0.551. The number of hydrogen-bond donors (Lipinski definition) is 1. The molecule has 1 aliphatic rings. The van der Waals surface area contributed by atoms with Gasteiger partial charge in [-0.3, -0.25) is 9.36 Å². The summed E-state index contributed by atoms with van der Waals surface area (Å²) >= 11 is 1.26. The second-order valence-corrected chi connectivity index (χ2v) is 8.51. The molecule has 0 saturated carbocycles. The van der Waals surface area contributed by atoms with Crippen LogP contribution in [-0.2, 0) is 11.2 Å². The number of nitrogens with one attached hydrogen (secondary N) is 1. The summed E-state index contributed by atoms with van der Waals surface area (Å²) in [4.78, 5) is 12.6. The Balaban J connectivity index is 1.32. The van der Waals surface area contributed by atoms with Crippen LogP contribution >= 0.6 is 11.8 Å². The molecule has 4 aromatic rings. The summed E-state index contributed by atoms with van der Waals surface area (Å²) in [5.41, 5.74) is 2.43. The lowest BCUT2D eigenvalue weighted by Crippen LogP contribution is -2.17. The maximum atomic E-state index is 13.5. The summed E-state index contributed by atoms with van der Waals surface area (Å²) in [6, 6.07) is 21.3. The number of halogens is 1. The molecule has 0 fully saturated rings. The quantitative estimate of drug-likeness (QED) is 0.396. The van der Waals surface area contributed by atoms with Gasteiger partial charge in [-0.05, 0) is 42.0 Å². The van der Waals surface area contributed by atoms with Crippen LogP contribution in [-0.4, -0.2) is 39.6 Å². The van der Waals surface area contributed by atoms with Crippen molar-refractivity contribution in [1.82, 2.24) is 14.8 Å². The molecule has 3 aromatic carbocycles. The zero-order valence-electron chi connectivity index (χ0n) is 18.1. The van der Waals surface area contributed by atoms with Crippen molar-refractivity contribution in [3.63, 3.8) is 0 Å². The minimum Gasteiger partial charge on any atom is -0.486 e. The Hall–Kier alpha value is -3.85. The molecule has 0 aliphatic carbocycles. The van der Waals surface area contributed by atoms with Gasteiger partial charge in [-0.15, -0.1) is 10.2 Å². The highest BCUT2D eigenvalue weighted by atomic mass is 32.2. The van der Waals surface area contributed by atoms with Crippen LogP contribution in [0.2, 0.25) is 0 Å². The van der Waals surface area contributed by atoms with Crippen LogP contribution in [0, 0.1) is 5.82 Å². The van der Waals surface area contributed by atoms with Crippen molar-refractivity contribution in [2.24, 2.45) is 0 Å². The first-order valence-corrected chi connectivity index (χ1v) is 11.7. The van der Waals surface area contributed by atoms with Gasteiger partial charge in [0.1, 0.15) is 24.9 Å². The van der Waals surface area contributed by atoms with E-state index < -0.39 is 0 Å². The van der Waals surface area contributed by atoms with Crippen molar-refractivity contribution in [2.45, 2.75) is 11.6 Å². The van der Waals surface area contributed by atoms with E-state index >= 15 is 0 Å². The highest BCUT2D eigenvalue weighted by molar-refractivity contribution is 7.99. The Morgan fingerprint density at radius 3 is 2.53 bits per heavy atom. The molecule has 1 aliphatic heterocycles. The normalized spacial score (nSPS) is 12.4. The molecule has 5 rings (SSSR count). The number of carbonyl (C=O) groups is 1. The van der Waals surface area contributed by atoms with Crippen LogP contribution in [0.15, 0.2) is 78.0 Å². The van der Waals surface area contributed by atoms with Gasteiger partial charge < -0.3 is 14.8 Å². The zero-order valence-corrected chi connectivity index (χ0v) is 18.9. The maximum absolute atomic E-state index is 13.5. The lowest BCUT2D eigenvalue weighted by molar-refractivity contribution is -0.113. The van der Waals surface area contributed by atoms with Gasteiger partial charge in [-0.2, -0.15) is 0 Å². The van der Waals surface area contributed by atoms with E-state index in [1.807, 2.05) is 34.9 Å². The Bertz CT molecular complexity index is 1300. The van der Waals surface area contributed by atoms with Crippen molar-refractivity contribution in [2.75, 3.05) is 24.3 Å². The molecule has 0 spiro atoms. The predicted molar refractivity (Wildman–Crippen MR) is 127 cm³/mol. The van der Waals surface area contributed by atoms with E-state index in [1.165, 1.54) is 23.9 Å². The van der Waals surface area contributed by atoms with Gasteiger partial charge in [-0.1, -0.05) is 42.1 Å². The van der Waals surface area contributed by atoms with Gasteiger partial charge >= 0.3 is 0 Å². The van der Waals surface area contributed by atoms with Gasteiger partial charge in [0, 0.05) is 23.9 Å². The second kappa shape index (κ2) is 9.96. The number of benzene rings is 3. The number of amides is 1. The number of thioether (sulfide) groups is 1. The number of ether oxygens (including phenoxy) is 2. The number of fused-ring (bicyclic) bond motifs is 1. The number of aromatic nitrogens is 3. The predicted octanol–water partition coefficient (Wildman–Crippen LogP) is 4.50. The largest absolute Gasteiger partial charge is 0.486 e. The van der Waals surface area contributed by atoms with E-state index in [1.54, 1.807) is 30.3 Å². The van der Waals surface area contributed by atoms with Gasteiger partial charge in [0.2, 0.25) is 5.91 Å². The van der Waals surface area contributed by atoms with E-state index in [0.29, 0.717) is 47.8 Å². The highest BCUT2D eigenvalue weighted by Crippen LogP contribution is 2.32. The van der Waals surface area contributed by atoms with Crippen LogP contribution in [0.25, 0.3) is 5.69 Å². The fourth-order valence-corrected chi connectivity index (χ4v) is 4.36. The van der Waals surface area contributed by atoms with Crippen molar-refractivity contribution < 1.29 is 18.7 Å². The molecule has 1 aromatic heterocycles. The Morgan fingerprint density at radius 2 is 1.74 bits per heavy atom. The molecular formula is C25H21FN4O3S. The molecule has 0 atom stereocenters. The summed E-state index contributed by atoms with van der Waals surface area (Å²) < 4.78 is 26.5. The minimum atomic E-state index is -0.325. The first-order chi connectivity index (χ1) is 16.7. The standard InChI is InChI=1S/C25H21FN4O3S/c26-18-6-9-20(10-7-18)30-23(14-17-4-2-1-3-5-17)28-29-25(30)34-16-24(31)27-19-8-11-21-22(15-19)33-13-12-32-21/h1-11,15H,12-14,16H2,(H,27,31). The Labute approximate surface area is 199 Å². The monoisotopic (exact) mass is 476 g/mol. The maximum Gasteiger partial charge on any atom is 0.234 e. The lowest BCUT2D eigenvalue weighted by Gasteiger charge is -2.19. The first kappa shape index (κ1) is 22.0. The molecule has 0 unspecified atom stereocenters. The molecule has 2 heterocycles. The molecule has 172 valence electrons. The molecule has 34 heavy (non-hydrogen) atoms. The highest BCUT2D eigenvalue weighted by Gasteiger charge is 2.17. The van der Waals surface area contributed by atoms with Crippen molar-refractivity contribution in [3.05, 3.63) is 90.0 Å². The van der Waals surface area contributed by atoms with Gasteiger partial charge in [0.15, 0.2) is 16.7 Å². The summed E-state index contributed by atoms with van der Waals surface area (Å²) in [6.45, 7) is 0.987. The molecule has 0 saturated heterocycles. The van der Waals surface area contributed by atoms with E-state index in [0.717, 1.165) is 11.3 Å². The summed E-state index contributed by atoms with van der Waals surface area (Å²) in [7, 11) is 0. The molecule has 0 bridgehead atoms. The van der Waals surface area contributed by atoms with Crippen molar-refractivity contribution >= 4 is 23.4 Å². The topological polar surface area (TPSA) is 78.3 Å². The number of carbonyl (C=O) groups excluding carboxylic acids is 1. The molecule has 7 nitrogen and oxygen atoms in total. The van der Waals surface area contributed by atoms with E-state index in [-0.39, 0.29) is 17.5 Å². The van der Waals surface area contributed by atoms with Crippen LogP contribution in [0.3, 0.4) is 0 Å². The average Bonchev–Trinajstić information content (AvgIpc) is 3.26. The van der Waals surface area contributed by atoms with Crippen LogP contribution in [0.5, 0.6) is 11.5 Å². The van der Waals surface area contributed by atoms with Crippen molar-refractivity contribution in [3.8, 4) is 17.2 Å². The fourth-order valence-electron chi connectivity index (χ4n) is 3.58. The third-order valence-electron chi connectivity index (χ3n) is 5.15. The molecular weight excluding hydrogens is 455 g/mol. The fraction of sp³-hybridized carbons (Fsp3) is 0.160. The smallest absolute Gasteiger partial charge is 0.234 e. The second-order valence-electron chi connectivity index (χ2n) is 7.57. The summed E-state index contributed by atoms with van der Waals surface area (Å²) in [5, 5.41) is 12.1. The van der Waals surface area contributed by atoms with Crippen LogP contribution in [0.1, 0.15) is 11.4 Å². The molecule has 9 heteroatoms. The zero-order chi connectivity index (χ0) is 23.3. The van der Waals surface area contributed by atoms with Crippen LogP contribution in [0.4, 0.5) is 10.1 Å². The Kier molecular flexibility index (Phi) is 6.44. The number of rotatable bonds is 7. The Morgan fingerprint density at radius 1 is 0.971 bits per heavy atom. The van der Waals surface area contributed by atoms with E-state index in [9.17, 15) is 9.18 Å². The summed E-state index contributed by atoms with van der Waals surface area (Å²) in [5.74, 6) is 1.58. The third kappa shape index (κ3) is 5.04. The van der Waals surface area contributed by atoms with Crippen molar-refractivity contribution in [1.29, 1.82) is 0 Å². The van der Waals surface area contributed by atoms with Gasteiger partial charge in [0.25, 0.3) is 0 Å². The molecule has 1 amide bonds. The average molecular weight is 477 g/mol. The lowest BCUT2D eigenvalue weighted by atomic mass is 10.1. The van der Waals surface area contributed by atoms with E-state index in [2.05, 4.69) is 15.5 Å². The molecule has 1 N–H and O–H groups in total. The number of nitrogens with zero attached hydrogens (tertiary/aromatic N) is 3. The van der Waals surface area contributed by atoms with Gasteiger partial charge in [-0.25, -0.2) is 4.39 Å². The number of anilines is 1. The molecule has 0 radical (unpaired) electrons. The SMILES string of the molecule is O=C(CSc1nnc(Cc2ccccc2)n1-c1ccc(F)cc1)Nc1ccc2c(c1)OCCO2. The first-order valence-electron chi connectivity index (χ1n) is 10.7. The van der Waals surface area contributed by atoms with E-state index in [4.69, 9.17) is 9.47 Å². The third-order valence-corrected chi connectivity index (χ3v) is 6.08. The minimum absolute atomic E-state index is 0.124. The number of hydrogen-bond acceptors (Lipinski definition) is 6. The van der Waals surface area contributed by atoms with Gasteiger partial charge in [0.05, 0.1) is 5.75 Å².